The summed E-state index contributed by atoms with van der Waals surface area (Å²) in [5, 5.41) is 18.0. The van der Waals surface area contributed by atoms with Gasteiger partial charge in [-0.2, -0.15) is 0 Å². The topological polar surface area (TPSA) is 81.1 Å². The molecule has 0 aromatic rings. The highest BCUT2D eigenvalue weighted by molar-refractivity contribution is 5.80. The monoisotopic (exact) mass is 260 g/mol. The highest BCUT2D eigenvalue weighted by Crippen LogP contribution is 2.04. The van der Waals surface area contributed by atoms with Crippen LogP contribution in [-0.2, 0) is 4.79 Å². The van der Waals surface area contributed by atoms with Gasteiger partial charge in [-0.3, -0.25) is 4.79 Å². The van der Waals surface area contributed by atoms with Crippen molar-refractivity contribution in [3.8, 4) is 0 Å². The van der Waals surface area contributed by atoms with Gasteiger partial charge in [0.1, 0.15) is 6.54 Å². The van der Waals surface area contributed by atoms with Crippen molar-refractivity contribution in [2.24, 2.45) is 5.92 Å². The molecule has 0 saturated heterocycles. The Morgan fingerprint density at radius 2 is 1.78 bits per heavy atom. The van der Waals surface area contributed by atoms with E-state index in [9.17, 15) is 9.59 Å². The Hall–Kier alpha value is -1.30. The predicted octanol–water partition coefficient (Wildman–Crippen LogP) is 0.852. The van der Waals surface area contributed by atoms with Gasteiger partial charge in [0, 0.05) is 20.1 Å². The second kappa shape index (κ2) is 7.92. The molecule has 6 heteroatoms. The van der Waals surface area contributed by atoms with Crippen molar-refractivity contribution >= 4 is 12.0 Å². The Bertz CT molecular complexity index is 279. The summed E-state index contributed by atoms with van der Waals surface area (Å²) in [7, 11) is 1.61. The van der Waals surface area contributed by atoms with Crippen LogP contribution in [0.15, 0.2) is 0 Å². The molecular weight excluding hydrogens is 236 g/mol. The molecule has 2 N–H and O–H groups in total. The number of carbonyl (C=O) groups excluding carboxylic acids is 1. The molecule has 0 aromatic carbocycles. The van der Waals surface area contributed by atoms with Gasteiger partial charge in [0.05, 0.1) is 6.10 Å². The third-order valence-corrected chi connectivity index (χ3v) is 2.39. The van der Waals surface area contributed by atoms with Gasteiger partial charge in [0.2, 0.25) is 0 Å². The van der Waals surface area contributed by atoms with E-state index in [2.05, 4.69) is 0 Å². The summed E-state index contributed by atoms with van der Waals surface area (Å²) in [4.78, 5) is 25.5. The first-order valence-electron chi connectivity index (χ1n) is 6.14. The van der Waals surface area contributed by atoms with Gasteiger partial charge in [-0.25, -0.2) is 4.79 Å². The Morgan fingerprint density at radius 3 is 2.17 bits per heavy atom. The van der Waals surface area contributed by atoms with Crippen LogP contribution in [0.25, 0.3) is 0 Å². The lowest BCUT2D eigenvalue weighted by atomic mass is 10.2. The number of carboxylic acids is 1. The lowest BCUT2D eigenvalue weighted by molar-refractivity contribution is -0.137. The zero-order valence-corrected chi connectivity index (χ0v) is 11.6. The van der Waals surface area contributed by atoms with Crippen molar-refractivity contribution in [2.45, 2.75) is 33.3 Å². The van der Waals surface area contributed by atoms with Crippen LogP contribution in [0.5, 0.6) is 0 Å². The standard InChI is InChI=1S/C12H24N2O4/c1-9(2)7-14(8-11(16)17)12(18)13(4)6-5-10(3)15/h9-10,15H,5-8H2,1-4H3,(H,16,17). The van der Waals surface area contributed by atoms with Gasteiger partial charge in [-0.1, -0.05) is 13.8 Å². The number of amides is 2. The molecule has 2 amide bonds. The Morgan fingerprint density at radius 1 is 1.22 bits per heavy atom. The maximum atomic E-state index is 12.0. The van der Waals surface area contributed by atoms with Crippen molar-refractivity contribution in [3.63, 3.8) is 0 Å². The van der Waals surface area contributed by atoms with E-state index < -0.39 is 12.1 Å². The molecule has 0 spiro atoms. The van der Waals surface area contributed by atoms with E-state index in [1.807, 2.05) is 13.8 Å². The Kier molecular flexibility index (Phi) is 7.35. The van der Waals surface area contributed by atoms with Crippen LogP contribution in [0.3, 0.4) is 0 Å². The maximum absolute atomic E-state index is 12.0. The zero-order valence-electron chi connectivity index (χ0n) is 11.6. The van der Waals surface area contributed by atoms with Gasteiger partial charge < -0.3 is 20.0 Å². The van der Waals surface area contributed by atoms with Gasteiger partial charge in [0.15, 0.2) is 0 Å². The number of urea groups is 1. The number of nitrogens with zero attached hydrogens (tertiary/aromatic N) is 2. The van der Waals surface area contributed by atoms with Crippen LogP contribution in [0, 0.1) is 5.92 Å². The van der Waals surface area contributed by atoms with E-state index in [1.54, 1.807) is 14.0 Å². The average Bonchev–Trinajstić information content (AvgIpc) is 2.22. The molecule has 0 heterocycles. The van der Waals surface area contributed by atoms with Gasteiger partial charge in [-0.15, -0.1) is 0 Å². The first-order valence-corrected chi connectivity index (χ1v) is 6.14. The minimum atomic E-state index is -1.02. The van der Waals surface area contributed by atoms with Crippen molar-refractivity contribution in [1.82, 2.24) is 9.80 Å². The summed E-state index contributed by atoms with van der Waals surface area (Å²) in [5.41, 5.74) is 0. The van der Waals surface area contributed by atoms with Crippen molar-refractivity contribution < 1.29 is 19.8 Å². The molecule has 0 aliphatic rings. The molecule has 18 heavy (non-hydrogen) atoms. The average molecular weight is 260 g/mol. The SMILES string of the molecule is CC(C)CN(CC(=O)O)C(=O)N(C)CCC(C)O. The second-order valence-corrected chi connectivity index (χ2v) is 5.01. The smallest absolute Gasteiger partial charge is 0.323 e. The van der Waals surface area contributed by atoms with Crippen molar-refractivity contribution in [2.75, 3.05) is 26.7 Å². The summed E-state index contributed by atoms with van der Waals surface area (Å²) in [6.07, 6.45) is 0.00319. The molecule has 1 unspecified atom stereocenters. The zero-order chi connectivity index (χ0) is 14.3. The summed E-state index contributed by atoms with van der Waals surface area (Å²) >= 11 is 0. The highest BCUT2D eigenvalue weighted by Gasteiger charge is 2.21. The molecule has 0 saturated carbocycles. The van der Waals surface area contributed by atoms with Crippen molar-refractivity contribution in [3.05, 3.63) is 0 Å². The van der Waals surface area contributed by atoms with Gasteiger partial charge in [0.25, 0.3) is 0 Å². The van der Waals surface area contributed by atoms with Gasteiger partial charge in [-0.05, 0) is 19.3 Å². The minimum absolute atomic E-state index is 0.207. The number of rotatable bonds is 7. The largest absolute Gasteiger partial charge is 0.480 e. The first-order chi connectivity index (χ1) is 8.23. The number of aliphatic hydroxyl groups excluding tert-OH is 1. The molecule has 0 radical (unpaired) electrons. The Balaban J connectivity index is 4.47. The fraction of sp³-hybridized carbons (Fsp3) is 0.833. The van der Waals surface area contributed by atoms with Crippen LogP contribution < -0.4 is 0 Å². The number of hydrogen-bond acceptors (Lipinski definition) is 3. The molecule has 0 aromatic heterocycles. The van der Waals surface area contributed by atoms with Crippen LogP contribution in [0.2, 0.25) is 0 Å². The van der Waals surface area contributed by atoms with E-state index in [4.69, 9.17) is 10.2 Å². The normalized spacial score (nSPS) is 12.3. The minimum Gasteiger partial charge on any atom is -0.480 e. The van der Waals surface area contributed by atoms with Crippen LogP contribution in [-0.4, -0.2) is 64.8 Å². The molecule has 6 nitrogen and oxygen atoms in total. The van der Waals surface area contributed by atoms with E-state index in [0.29, 0.717) is 19.5 Å². The van der Waals surface area contributed by atoms with E-state index in [-0.39, 0.29) is 18.5 Å². The van der Waals surface area contributed by atoms with Crippen LogP contribution >= 0.6 is 0 Å². The second-order valence-electron chi connectivity index (χ2n) is 5.01. The molecule has 0 rings (SSSR count). The maximum Gasteiger partial charge on any atom is 0.323 e. The number of aliphatic carboxylic acids is 1. The molecule has 0 aliphatic carbocycles. The summed E-state index contributed by atoms with van der Waals surface area (Å²) in [6.45, 7) is 6.03. The van der Waals surface area contributed by atoms with Gasteiger partial charge >= 0.3 is 12.0 Å². The molecule has 0 bridgehead atoms. The summed E-state index contributed by atoms with van der Waals surface area (Å²) in [6, 6.07) is -0.313. The first kappa shape index (κ1) is 16.7. The molecular formula is C12H24N2O4. The molecule has 1 atom stereocenters. The number of aliphatic hydroxyl groups is 1. The Labute approximate surface area is 108 Å². The number of carbonyl (C=O) groups is 2. The van der Waals surface area contributed by atoms with Crippen molar-refractivity contribution in [1.29, 1.82) is 0 Å². The third-order valence-electron chi connectivity index (χ3n) is 2.39. The fourth-order valence-corrected chi connectivity index (χ4v) is 1.53. The van der Waals surface area contributed by atoms with Crippen LogP contribution in [0.4, 0.5) is 4.79 Å². The fourth-order valence-electron chi connectivity index (χ4n) is 1.53. The summed E-state index contributed by atoms with van der Waals surface area (Å²) in [5.74, 6) is -0.814. The molecule has 106 valence electrons. The summed E-state index contributed by atoms with van der Waals surface area (Å²) < 4.78 is 0. The third kappa shape index (κ3) is 7.11. The molecule has 0 fully saturated rings. The predicted molar refractivity (Wildman–Crippen MR) is 68.4 cm³/mol. The quantitative estimate of drug-likeness (QED) is 0.711. The molecule has 0 aliphatic heterocycles. The number of hydrogen-bond donors (Lipinski definition) is 2. The lowest BCUT2D eigenvalue weighted by Crippen LogP contribution is -2.45. The number of carboxylic acid groups (broad SMARTS) is 1. The lowest BCUT2D eigenvalue weighted by Gasteiger charge is -2.28. The van der Waals surface area contributed by atoms with E-state index >= 15 is 0 Å². The van der Waals surface area contributed by atoms with Crippen LogP contribution in [0.1, 0.15) is 27.2 Å². The highest BCUT2D eigenvalue weighted by atomic mass is 16.4. The van der Waals surface area contributed by atoms with E-state index in [0.717, 1.165) is 0 Å². The van der Waals surface area contributed by atoms with E-state index in [1.165, 1.54) is 9.80 Å².